The van der Waals surface area contributed by atoms with E-state index < -0.39 is 0 Å². The molecule has 1 atom stereocenters. The van der Waals surface area contributed by atoms with Gasteiger partial charge in [0.05, 0.1) is 11.9 Å². The lowest BCUT2D eigenvalue weighted by molar-refractivity contribution is 0.706. The average Bonchev–Trinajstić information content (AvgIpc) is 2.45. The van der Waals surface area contributed by atoms with Crippen molar-refractivity contribution < 1.29 is 0 Å². The smallest absolute Gasteiger partial charge is 0.287 e. The molecule has 0 fully saturated rings. The van der Waals surface area contributed by atoms with E-state index in [0.29, 0.717) is 18.2 Å². The Morgan fingerprint density at radius 1 is 1.37 bits per heavy atom. The van der Waals surface area contributed by atoms with Crippen LogP contribution in [-0.2, 0) is 7.05 Å². The molecule has 0 aliphatic carbocycles. The second-order valence-corrected chi connectivity index (χ2v) is 4.87. The van der Waals surface area contributed by atoms with Crippen molar-refractivity contribution in [3.05, 3.63) is 57.5 Å². The van der Waals surface area contributed by atoms with E-state index in [1.54, 1.807) is 13.2 Å². The summed E-state index contributed by atoms with van der Waals surface area (Å²) >= 11 is 5.99. The minimum Gasteiger partial charge on any atom is -0.382 e. The molecule has 1 aromatic heterocycles. The van der Waals surface area contributed by atoms with Crippen LogP contribution in [-0.4, -0.2) is 16.3 Å². The average molecular weight is 278 g/mol. The molecule has 0 radical (unpaired) electrons. The van der Waals surface area contributed by atoms with Crippen molar-refractivity contribution in [1.29, 1.82) is 0 Å². The van der Waals surface area contributed by atoms with E-state index in [-0.39, 0.29) is 10.6 Å². The van der Waals surface area contributed by atoms with Gasteiger partial charge in [0, 0.05) is 13.6 Å². The maximum atomic E-state index is 11.6. The minimum absolute atomic E-state index is 0.178. The van der Waals surface area contributed by atoms with E-state index in [1.165, 1.54) is 10.2 Å². The molecular formula is C14H16ClN3O. The molecule has 0 saturated carbocycles. The number of rotatable bonds is 4. The molecule has 4 nitrogen and oxygen atoms in total. The van der Waals surface area contributed by atoms with Gasteiger partial charge in [-0.05, 0) is 11.5 Å². The van der Waals surface area contributed by atoms with Crippen molar-refractivity contribution in [2.75, 3.05) is 11.9 Å². The Bertz CT molecular complexity index is 610. The van der Waals surface area contributed by atoms with Crippen LogP contribution in [0.5, 0.6) is 0 Å². The van der Waals surface area contributed by atoms with Crippen LogP contribution in [0, 0.1) is 0 Å². The van der Waals surface area contributed by atoms with Crippen LogP contribution in [0.15, 0.2) is 41.3 Å². The van der Waals surface area contributed by atoms with Crippen molar-refractivity contribution in [3.8, 4) is 0 Å². The summed E-state index contributed by atoms with van der Waals surface area (Å²) in [5.74, 6) is 0.321. The van der Waals surface area contributed by atoms with Gasteiger partial charge in [-0.3, -0.25) is 4.79 Å². The van der Waals surface area contributed by atoms with Crippen LogP contribution in [0.3, 0.4) is 0 Å². The van der Waals surface area contributed by atoms with Crippen molar-refractivity contribution >= 4 is 17.3 Å². The molecule has 2 aromatic rings. The summed E-state index contributed by atoms with van der Waals surface area (Å²) in [6.07, 6.45) is 1.57. The van der Waals surface area contributed by atoms with E-state index in [1.807, 2.05) is 18.2 Å². The Balaban J connectivity index is 2.08. The standard InChI is InChI=1S/C14H16ClN3O/c1-10(11-6-4-3-5-7-11)8-16-12-9-17-18(2)14(19)13(12)15/h3-7,9-10,16H,8H2,1-2H3. The fourth-order valence-corrected chi connectivity index (χ4v) is 2.03. The largest absolute Gasteiger partial charge is 0.382 e. The number of halogens is 1. The van der Waals surface area contributed by atoms with Crippen LogP contribution in [0.25, 0.3) is 0 Å². The van der Waals surface area contributed by atoms with Crippen LogP contribution in [0.4, 0.5) is 5.69 Å². The number of nitrogens with one attached hydrogen (secondary N) is 1. The van der Waals surface area contributed by atoms with Gasteiger partial charge in [0.1, 0.15) is 5.02 Å². The molecule has 100 valence electrons. The zero-order chi connectivity index (χ0) is 13.8. The number of aromatic nitrogens is 2. The Labute approximate surface area is 117 Å². The van der Waals surface area contributed by atoms with Crippen LogP contribution < -0.4 is 10.9 Å². The van der Waals surface area contributed by atoms with E-state index in [4.69, 9.17) is 11.6 Å². The Morgan fingerprint density at radius 2 is 2.05 bits per heavy atom. The topological polar surface area (TPSA) is 46.9 Å². The molecule has 0 aliphatic heterocycles. The molecule has 1 heterocycles. The molecule has 1 aromatic carbocycles. The summed E-state index contributed by atoms with van der Waals surface area (Å²) in [7, 11) is 1.57. The molecule has 0 aliphatic rings. The summed E-state index contributed by atoms with van der Waals surface area (Å²) in [6, 6.07) is 10.2. The second kappa shape index (κ2) is 5.89. The van der Waals surface area contributed by atoms with E-state index in [2.05, 4.69) is 29.5 Å². The van der Waals surface area contributed by atoms with Crippen LogP contribution in [0.1, 0.15) is 18.4 Å². The highest BCUT2D eigenvalue weighted by Gasteiger charge is 2.09. The van der Waals surface area contributed by atoms with Crippen molar-refractivity contribution in [2.24, 2.45) is 7.05 Å². The third-order valence-electron chi connectivity index (χ3n) is 3.05. The number of aryl methyl sites for hydroxylation is 1. The van der Waals surface area contributed by atoms with Gasteiger partial charge in [-0.15, -0.1) is 0 Å². The molecule has 19 heavy (non-hydrogen) atoms. The highest BCUT2D eigenvalue weighted by atomic mass is 35.5. The van der Waals surface area contributed by atoms with Gasteiger partial charge in [-0.1, -0.05) is 48.9 Å². The molecule has 0 saturated heterocycles. The first-order valence-electron chi connectivity index (χ1n) is 6.10. The molecule has 1 unspecified atom stereocenters. The Morgan fingerprint density at radius 3 is 2.74 bits per heavy atom. The lowest BCUT2D eigenvalue weighted by atomic mass is 10.0. The fourth-order valence-electron chi connectivity index (χ4n) is 1.80. The van der Waals surface area contributed by atoms with Gasteiger partial charge >= 0.3 is 0 Å². The number of benzene rings is 1. The number of hydrogen-bond acceptors (Lipinski definition) is 3. The van der Waals surface area contributed by atoms with Gasteiger partial charge in [-0.2, -0.15) is 5.10 Å². The summed E-state index contributed by atoms with van der Waals surface area (Å²) in [5, 5.41) is 7.30. The summed E-state index contributed by atoms with van der Waals surface area (Å²) in [4.78, 5) is 11.6. The summed E-state index contributed by atoms with van der Waals surface area (Å²) in [6.45, 7) is 2.81. The lowest BCUT2D eigenvalue weighted by Gasteiger charge is -2.14. The molecule has 5 heteroatoms. The van der Waals surface area contributed by atoms with Gasteiger partial charge < -0.3 is 5.32 Å². The first-order chi connectivity index (χ1) is 9.09. The predicted octanol–water partition coefficient (Wildman–Crippen LogP) is 2.65. The third kappa shape index (κ3) is 3.15. The molecular weight excluding hydrogens is 262 g/mol. The first kappa shape index (κ1) is 13.6. The van der Waals surface area contributed by atoms with Crippen LogP contribution >= 0.6 is 11.6 Å². The Kier molecular flexibility index (Phi) is 4.22. The lowest BCUT2D eigenvalue weighted by Crippen LogP contribution is -2.22. The maximum absolute atomic E-state index is 11.6. The number of anilines is 1. The molecule has 2 rings (SSSR count). The maximum Gasteiger partial charge on any atom is 0.287 e. The molecule has 1 N–H and O–H groups in total. The van der Waals surface area contributed by atoms with Crippen molar-refractivity contribution in [1.82, 2.24) is 9.78 Å². The zero-order valence-corrected chi connectivity index (χ0v) is 11.7. The third-order valence-corrected chi connectivity index (χ3v) is 3.41. The zero-order valence-electron chi connectivity index (χ0n) is 10.9. The van der Waals surface area contributed by atoms with Gasteiger partial charge in [0.2, 0.25) is 0 Å². The molecule has 0 bridgehead atoms. The normalized spacial score (nSPS) is 12.2. The quantitative estimate of drug-likeness (QED) is 0.935. The highest BCUT2D eigenvalue weighted by molar-refractivity contribution is 6.32. The molecule has 0 spiro atoms. The van der Waals surface area contributed by atoms with Crippen molar-refractivity contribution in [3.63, 3.8) is 0 Å². The summed E-state index contributed by atoms with van der Waals surface area (Å²) < 4.78 is 1.22. The fraction of sp³-hybridized carbons (Fsp3) is 0.286. The first-order valence-corrected chi connectivity index (χ1v) is 6.48. The molecule has 0 amide bonds. The van der Waals surface area contributed by atoms with Crippen LogP contribution in [0.2, 0.25) is 5.02 Å². The SMILES string of the molecule is CC(CNc1cnn(C)c(=O)c1Cl)c1ccccc1. The van der Waals surface area contributed by atoms with Crippen molar-refractivity contribution in [2.45, 2.75) is 12.8 Å². The van der Waals surface area contributed by atoms with E-state index in [9.17, 15) is 4.79 Å². The van der Waals surface area contributed by atoms with Gasteiger partial charge in [0.25, 0.3) is 5.56 Å². The van der Waals surface area contributed by atoms with Gasteiger partial charge in [-0.25, -0.2) is 4.68 Å². The second-order valence-electron chi connectivity index (χ2n) is 4.49. The van der Waals surface area contributed by atoms with E-state index >= 15 is 0 Å². The Hall–Kier alpha value is -1.81. The predicted molar refractivity (Wildman–Crippen MR) is 77.8 cm³/mol. The van der Waals surface area contributed by atoms with Gasteiger partial charge in [0.15, 0.2) is 0 Å². The number of nitrogens with zero attached hydrogens (tertiary/aromatic N) is 2. The van der Waals surface area contributed by atoms with E-state index in [0.717, 1.165) is 0 Å². The highest BCUT2D eigenvalue weighted by Crippen LogP contribution is 2.19. The monoisotopic (exact) mass is 277 g/mol. The minimum atomic E-state index is -0.293. The number of hydrogen-bond donors (Lipinski definition) is 1. The summed E-state index contributed by atoms with van der Waals surface area (Å²) in [5.41, 5.74) is 1.52.